The Balaban J connectivity index is 1.84. The van der Waals surface area contributed by atoms with E-state index in [2.05, 4.69) is 23.4 Å². The van der Waals surface area contributed by atoms with Gasteiger partial charge in [-0.2, -0.15) is 13.2 Å². The highest BCUT2D eigenvalue weighted by atomic mass is 19.4. The van der Waals surface area contributed by atoms with Crippen molar-refractivity contribution in [3.63, 3.8) is 0 Å². The molecule has 9 heteroatoms. The molecule has 1 aliphatic rings. The zero-order valence-corrected chi connectivity index (χ0v) is 17.7. The topological polar surface area (TPSA) is 65.4 Å². The van der Waals surface area contributed by atoms with Gasteiger partial charge in [0.25, 0.3) is 0 Å². The quantitative estimate of drug-likeness (QED) is 0.348. The number of alkyl halides is 3. The van der Waals surface area contributed by atoms with Gasteiger partial charge in [-0.05, 0) is 43.8 Å². The lowest BCUT2D eigenvalue weighted by Crippen LogP contribution is -2.47. The van der Waals surface area contributed by atoms with Crippen molar-refractivity contribution < 1.29 is 32.9 Å². The van der Waals surface area contributed by atoms with Gasteiger partial charge in [0, 0.05) is 32.7 Å². The third-order valence-electron chi connectivity index (χ3n) is 4.90. The van der Waals surface area contributed by atoms with Crippen LogP contribution < -0.4 is 4.74 Å². The van der Waals surface area contributed by atoms with E-state index in [0.29, 0.717) is 6.61 Å². The zero-order chi connectivity index (χ0) is 23.1. The van der Waals surface area contributed by atoms with Gasteiger partial charge >= 0.3 is 12.0 Å². The van der Waals surface area contributed by atoms with Gasteiger partial charge in [-0.1, -0.05) is 24.8 Å². The molecule has 0 unspecified atom stereocenters. The number of benzene rings is 1. The number of hydrogen-bond acceptors (Lipinski definition) is 6. The van der Waals surface area contributed by atoms with Gasteiger partial charge < -0.3 is 24.6 Å². The molecule has 0 radical (unpaired) electrons. The summed E-state index contributed by atoms with van der Waals surface area (Å²) in [6.07, 6.45) is -0.932. The van der Waals surface area contributed by atoms with Crippen molar-refractivity contribution in [1.29, 1.82) is 0 Å². The molecule has 31 heavy (non-hydrogen) atoms. The van der Waals surface area contributed by atoms with E-state index >= 15 is 0 Å². The van der Waals surface area contributed by atoms with E-state index in [0.717, 1.165) is 44.0 Å². The first-order valence-corrected chi connectivity index (χ1v) is 9.90. The van der Waals surface area contributed by atoms with Gasteiger partial charge in [-0.3, -0.25) is 4.90 Å². The molecule has 0 amide bonds. The second-order valence-corrected chi connectivity index (χ2v) is 7.28. The maximum Gasteiger partial charge on any atom is 0.451 e. The summed E-state index contributed by atoms with van der Waals surface area (Å²) in [6.45, 7) is 10.1. The van der Waals surface area contributed by atoms with Crippen LogP contribution in [0.2, 0.25) is 0 Å². The summed E-state index contributed by atoms with van der Waals surface area (Å²) in [7, 11) is 2.11. The highest BCUT2D eigenvalue weighted by Gasteiger charge is 2.56. The first-order valence-electron chi connectivity index (χ1n) is 9.90. The van der Waals surface area contributed by atoms with Crippen LogP contribution in [-0.2, 0) is 4.74 Å². The van der Waals surface area contributed by atoms with Crippen molar-refractivity contribution in [1.82, 2.24) is 9.80 Å². The number of piperazine rings is 1. The second kappa shape index (κ2) is 10.8. The predicted octanol–water partition coefficient (Wildman–Crippen LogP) is 3.00. The SMILES string of the molecule is C=C(OC(=C\C)/C=C/c1ccc(OCCN2CCN(C)CC2)cc1)C(O)(O)C(F)(F)F. The molecule has 6 nitrogen and oxygen atoms in total. The standard InChI is InChI=1S/C22H29F3N2O4/c1-4-19(31-17(2)21(28,29)22(23,24)25)8-5-18-6-9-20(10-7-18)30-16-15-27-13-11-26(3)12-14-27/h4-10,28-29H,2,11-16H2,1,3H3/b8-5+,19-4-. The van der Waals surface area contributed by atoms with Gasteiger partial charge in [0.1, 0.15) is 18.1 Å². The molecule has 0 aliphatic carbocycles. The van der Waals surface area contributed by atoms with E-state index in [-0.39, 0.29) is 5.76 Å². The van der Waals surface area contributed by atoms with Crippen molar-refractivity contribution in [3.05, 3.63) is 60.1 Å². The Labute approximate surface area is 180 Å². The number of aliphatic hydroxyl groups is 2. The van der Waals surface area contributed by atoms with Crippen LogP contribution >= 0.6 is 0 Å². The summed E-state index contributed by atoms with van der Waals surface area (Å²) in [5.41, 5.74) is 0.759. The molecular formula is C22H29F3N2O4. The van der Waals surface area contributed by atoms with E-state index in [1.165, 1.54) is 19.1 Å². The first-order chi connectivity index (χ1) is 14.5. The minimum absolute atomic E-state index is 0.0192. The molecule has 1 fully saturated rings. The summed E-state index contributed by atoms with van der Waals surface area (Å²) in [4.78, 5) is 4.65. The molecule has 2 rings (SSSR count). The molecule has 1 aromatic rings. The highest BCUT2D eigenvalue weighted by Crippen LogP contribution is 2.34. The van der Waals surface area contributed by atoms with Crippen molar-refractivity contribution >= 4 is 6.08 Å². The Morgan fingerprint density at radius 2 is 1.74 bits per heavy atom. The maximum atomic E-state index is 12.6. The van der Waals surface area contributed by atoms with Gasteiger partial charge in [0.2, 0.25) is 0 Å². The van der Waals surface area contributed by atoms with E-state index in [4.69, 9.17) is 9.47 Å². The van der Waals surface area contributed by atoms with Crippen molar-refractivity contribution in [2.45, 2.75) is 18.9 Å². The van der Waals surface area contributed by atoms with Crippen LogP contribution in [-0.4, -0.2) is 78.4 Å². The molecule has 0 bridgehead atoms. The van der Waals surface area contributed by atoms with Crippen molar-refractivity contribution in [2.75, 3.05) is 46.4 Å². The number of rotatable bonds is 9. The lowest BCUT2D eigenvalue weighted by atomic mass is 10.2. The highest BCUT2D eigenvalue weighted by molar-refractivity contribution is 5.53. The number of allylic oxidation sites excluding steroid dienone is 2. The van der Waals surface area contributed by atoms with E-state index in [1.807, 2.05) is 0 Å². The third-order valence-corrected chi connectivity index (χ3v) is 4.90. The van der Waals surface area contributed by atoms with E-state index in [9.17, 15) is 23.4 Å². The fourth-order valence-electron chi connectivity index (χ4n) is 2.78. The van der Waals surface area contributed by atoms with Crippen LogP contribution in [0.1, 0.15) is 12.5 Å². The number of hydrogen-bond donors (Lipinski definition) is 2. The summed E-state index contributed by atoms with van der Waals surface area (Å²) in [5.74, 6) is -4.67. The van der Waals surface area contributed by atoms with Gasteiger partial charge in [0.05, 0.1) is 0 Å². The Hall–Kier alpha value is -2.33. The summed E-state index contributed by atoms with van der Waals surface area (Å²) in [5, 5.41) is 18.4. The Morgan fingerprint density at radius 1 is 1.13 bits per heavy atom. The Kier molecular flexibility index (Phi) is 8.69. The average Bonchev–Trinajstić information content (AvgIpc) is 2.72. The molecular weight excluding hydrogens is 413 g/mol. The van der Waals surface area contributed by atoms with E-state index in [1.54, 1.807) is 30.3 Å². The van der Waals surface area contributed by atoms with Crippen LogP contribution in [0.15, 0.2) is 54.5 Å². The molecule has 1 aromatic carbocycles. The largest absolute Gasteiger partial charge is 0.492 e. The predicted molar refractivity (Wildman–Crippen MR) is 112 cm³/mol. The van der Waals surface area contributed by atoms with Gasteiger partial charge in [0.15, 0.2) is 5.76 Å². The lowest BCUT2D eigenvalue weighted by Gasteiger charge is -2.32. The molecule has 1 heterocycles. The first kappa shape index (κ1) is 24.9. The van der Waals surface area contributed by atoms with E-state index < -0.39 is 17.7 Å². The number of nitrogens with zero attached hydrogens (tertiary/aromatic N) is 2. The molecule has 1 aliphatic heterocycles. The van der Waals surface area contributed by atoms with Gasteiger partial charge in [-0.15, -0.1) is 0 Å². The number of likely N-dealkylation sites (N-methyl/N-ethyl adjacent to an activating group) is 1. The van der Waals surface area contributed by atoms with Crippen LogP contribution in [0.5, 0.6) is 5.75 Å². The van der Waals surface area contributed by atoms with Gasteiger partial charge in [-0.25, -0.2) is 0 Å². The minimum atomic E-state index is -5.33. The van der Waals surface area contributed by atoms with Crippen LogP contribution in [0.4, 0.5) is 13.2 Å². The fraction of sp³-hybridized carbons (Fsp3) is 0.455. The smallest absolute Gasteiger partial charge is 0.451 e. The molecule has 172 valence electrons. The Morgan fingerprint density at radius 3 is 2.29 bits per heavy atom. The zero-order valence-electron chi connectivity index (χ0n) is 17.7. The van der Waals surface area contributed by atoms with Crippen molar-refractivity contribution in [2.24, 2.45) is 0 Å². The monoisotopic (exact) mass is 442 g/mol. The summed E-state index contributed by atoms with van der Waals surface area (Å²) >= 11 is 0. The number of ether oxygens (including phenoxy) is 2. The van der Waals surface area contributed by atoms with Crippen LogP contribution in [0.3, 0.4) is 0 Å². The second-order valence-electron chi connectivity index (χ2n) is 7.28. The molecule has 0 saturated carbocycles. The molecule has 0 spiro atoms. The normalized spacial score (nSPS) is 17.2. The molecule has 0 aromatic heterocycles. The third kappa shape index (κ3) is 7.39. The Bertz CT molecular complexity index is 781. The maximum absolute atomic E-state index is 12.6. The summed E-state index contributed by atoms with van der Waals surface area (Å²) in [6, 6.07) is 7.19. The van der Waals surface area contributed by atoms with Crippen molar-refractivity contribution in [3.8, 4) is 5.75 Å². The molecule has 0 atom stereocenters. The number of halogens is 3. The fourth-order valence-corrected chi connectivity index (χ4v) is 2.78. The lowest BCUT2D eigenvalue weighted by molar-refractivity contribution is -0.339. The molecule has 1 saturated heterocycles. The van der Waals surface area contributed by atoms with Crippen LogP contribution in [0.25, 0.3) is 6.08 Å². The molecule has 2 N–H and O–H groups in total. The average molecular weight is 442 g/mol. The minimum Gasteiger partial charge on any atom is -0.492 e. The summed E-state index contributed by atoms with van der Waals surface area (Å²) < 4.78 is 48.6. The van der Waals surface area contributed by atoms with Crippen LogP contribution in [0, 0.1) is 0 Å².